The molecule has 0 bridgehead atoms. The van der Waals surface area contributed by atoms with E-state index in [1.54, 1.807) is 23.5 Å². The van der Waals surface area contributed by atoms with Crippen LogP contribution in [0.5, 0.6) is 0 Å². The second-order valence-corrected chi connectivity index (χ2v) is 8.52. The first kappa shape index (κ1) is 11.7. The van der Waals surface area contributed by atoms with Crippen molar-refractivity contribution in [1.29, 1.82) is 0 Å². The third-order valence-electron chi connectivity index (χ3n) is 1.82. The summed E-state index contributed by atoms with van der Waals surface area (Å²) in [6.07, 6.45) is 0. The summed E-state index contributed by atoms with van der Waals surface area (Å²) >= 11 is 3.12. The molecule has 0 saturated carbocycles. The van der Waals surface area contributed by atoms with Crippen molar-refractivity contribution in [2.75, 3.05) is 14.2 Å². The molecule has 6 heteroatoms. The van der Waals surface area contributed by atoms with Crippen LogP contribution in [0.1, 0.15) is 13.8 Å². The monoisotopic (exact) mass is 240 g/mol. The minimum Gasteiger partial charge on any atom is -0.311 e. The Balaban J connectivity index is 2.73. The van der Waals surface area contributed by atoms with Gasteiger partial charge in [0.15, 0.2) is 4.32 Å². The lowest BCUT2D eigenvalue weighted by Gasteiger charge is -2.18. The van der Waals surface area contributed by atoms with Gasteiger partial charge >= 0.3 is 7.60 Å². The highest BCUT2D eigenvalue weighted by molar-refractivity contribution is 8.29. The maximum absolute atomic E-state index is 11.9. The highest BCUT2D eigenvalue weighted by Gasteiger charge is 2.39. The van der Waals surface area contributed by atoms with Crippen molar-refractivity contribution in [3.63, 3.8) is 0 Å². The van der Waals surface area contributed by atoms with Crippen molar-refractivity contribution < 1.29 is 13.6 Å². The fourth-order valence-electron chi connectivity index (χ4n) is 0.868. The zero-order chi connectivity index (χ0) is 10.1. The second-order valence-electron chi connectivity index (χ2n) is 2.56. The Bertz CT molecular complexity index is 255. The van der Waals surface area contributed by atoms with Gasteiger partial charge in [0.05, 0.1) is 0 Å². The summed E-state index contributed by atoms with van der Waals surface area (Å²) in [6.45, 7) is 4.03. The van der Waals surface area contributed by atoms with Crippen molar-refractivity contribution in [2.45, 2.75) is 18.2 Å². The molecule has 0 atom stereocenters. The molecule has 13 heavy (non-hydrogen) atoms. The predicted octanol–water partition coefficient (Wildman–Crippen LogP) is 3.49. The Morgan fingerprint density at radius 3 is 1.85 bits per heavy atom. The van der Waals surface area contributed by atoms with Gasteiger partial charge in [0.25, 0.3) is 0 Å². The minimum absolute atomic E-state index is 0.137. The molecule has 0 N–H and O–H groups in total. The van der Waals surface area contributed by atoms with E-state index in [4.69, 9.17) is 9.05 Å². The van der Waals surface area contributed by atoms with Gasteiger partial charge < -0.3 is 9.05 Å². The Hall–Kier alpha value is 0.590. The van der Waals surface area contributed by atoms with Crippen molar-refractivity contribution >= 4 is 31.1 Å². The molecule has 0 unspecified atom stereocenters. The number of thioether (sulfide) groups is 2. The van der Waals surface area contributed by atoms with Gasteiger partial charge in [0.2, 0.25) is 0 Å². The molecule has 0 amide bonds. The van der Waals surface area contributed by atoms with Gasteiger partial charge in [0.1, 0.15) is 0 Å². The van der Waals surface area contributed by atoms with E-state index >= 15 is 0 Å². The molecule has 0 aromatic rings. The van der Waals surface area contributed by atoms with Gasteiger partial charge in [-0.05, 0) is 23.7 Å². The van der Waals surface area contributed by atoms with E-state index in [2.05, 4.69) is 0 Å². The molecule has 3 nitrogen and oxygen atoms in total. The van der Waals surface area contributed by atoms with Crippen LogP contribution in [0.2, 0.25) is 0 Å². The van der Waals surface area contributed by atoms with Crippen molar-refractivity contribution in [1.82, 2.24) is 0 Å². The Kier molecular flexibility index (Phi) is 3.95. The first-order valence-electron chi connectivity index (χ1n) is 3.75. The molecule has 1 rings (SSSR count). The van der Waals surface area contributed by atoms with Crippen LogP contribution in [0.15, 0.2) is 9.81 Å². The fourth-order valence-corrected chi connectivity index (χ4v) is 6.66. The van der Waals surface area contributed by atoms with Crippen LogP contribution < -0.4 is 0 Å². The SMILES string of the molecule is COP(=O)(OC)C1SC(C)=C(C)S1. The van der Waals surface area contributed by atoms with E-state index in [0.717, 1.165) is 0 Å². The number of allylic oxidation sites excluding steroid dienone is 2. The van der Waals surface area contributed by atoms with Crippen LogP contribution in [0, 0.1) is 0 Å². The standard InChI is InChI=1S/C7H13O3PS2/c1-5-6(2)13-7(12-5)11(8,9-3)10-4/h7H,1-4H3. The average Bonchev–Trinajstić information content (AvgIpc) is 2.46. The van der Waals surface area contributed by atoms with Gasteiger partial charge in [-0.1, -0.05) is 0 Å². The molecule has 1 aliphatic heterocycles. The summed E-state index contributed by atoms with van der Waals surface area (Å²) < 4.78 is 21.7. The third kappa shape index (κ3) is 2.34. The predicted molar refractivity (Wildman–Crippen MR) is 59.0 cm³/mol. The molecule has 0 fully saturated rings. The summed E-state index contributed by atoms with van der Waals surface area (Å²) in [6, 6.07) is 0. The van der Waals surface area contributed by atoms with Gasteiger partial charge in [-0.15, -0.1) is 23.5 Å². The molecular weight excluding hydrogens is 227 g/mol. The fraction of sp³-hybridized carbons (Fsp3) is 0.714. The van der Waals surface area contributed by atoms with E-state index in [0.29, 0.717) is 0 Å². The Morgan fingerprint density at radius 2 is 1.54 bits per heavy atom. The van der Waals surface area contributed by atoms with Gasteiger partial charge in [-0.3, -0.25) is 4.57 Å². The van der Waals surface area contributed by atoms with Crippen molar-refractivity contribution in [3.8, 4) is 0 Å². The largest absolute Gasteiger partial charge is 0.353 e. The minimum atomic E-state index is -2.92. The highest BCUT2D eigenvalue weighted by atomic mass is 32.2. The average molecular weight is 240 g/mol. The van der Waals surface area contributed by atoms with Gasteiger partial charge in [-0.25, -0.2) is 0 Å². The van der Waals surface area contributed by atoms with Crippen molar-refractivity contribution in [2.24, 2.45) is 0 Å². The van der Waals surface area contributed by atoms with E-state index in [9.17, 15) is 4.57 Å². The molecule has 1 heterocycles. The molecule has 76 valence electrons. The molecule has 0 saturated heterocycles. The first-order chi connectivity index (χ1) is 6.03. The molecule has 0 aromatic heterocycles. The molecule has 0 radical (unpaired) electrons. The van der Waals surface area contributed by atoms with Crippen LogP contribution >= 0.6 is 31.1 Å². The lowest BCUT2D eigenvalue weighted by molar-refractivity contribution is 0.279. The number of hydrogen-bond acceptors (Lipinski definition) is 5. The van der Waals surface area contributed by atoms with Gasteiger partial charge in [0, 0.05) is 14.2 Å². The maximum atomic E-state index is 11.9. The lowest BCUT2D eigenvalue weighted by Crippen LogP contribution is -1.99. The highest BCUT2D eigenvalue weighted by Crippen LogP contribution is 2.66. The second kappa shape index (κ2) is 4.41. The number of rotatable bonds is 3. The topological polar surface area (TPSA) is 35.5 Å². The van der Waals surface area contributed by atoms with E-state index in [-0.39, 0.29) is 4.32 Å². The smallest absolute Gasteiger partial charge is 0.311 e. The van der Waals surface area contributed by atoms with E-state index in [1.165, 1.54) is 24.0 Å². The molecular formula is C7H13O3PS2. The molecule has 1 aliphatic rings. The van der Waals surface area contributed by atoms with Crippen LogP contribution in [0.4, 0.5) is 0 Å². The molecule has 0 spiro atoms. The van der Waals surface area contributed by atoms with Crippen LogP contribution in [0.3, 0.4) is 0 Å². The molecule has 0 aromatic carbocycles. The molecule has 0 aliphatic carbocycles. The Labute approximate surface area is 87.2 Å². The zero-order valence-electron chi connectivity index (χ0n) is 8.07. The third-order valence-corrected chi connectivity index (χ3v) is 7.96. The lowest BCUT2D eigenvalue weighted by atomic mass is 10.6. The quantitative estimate of drug-likeness (QED) is 0.706. The van der Waals surface area contributed by atoms with E-state index < -0.39 is 7.60 Å². The Morgan fingerprint density at radius 1 is 1.15 bits per heavy atom. The van der Waals surface area contributed by atoms with Gasteiger partial charge in [-0.2, -0.15) is 0 Å². The summed E-state index contributed by atoms with van der Waals surface area (Å²) in [5.41, 5.74) is 0. The summed E-state index contributed by atoms with van der Waals surface area (Å²) in [4.78, 5) is 2.40. The van der Waals surface area contributed by atoms with Crippen LogP contribution in [-0.2, 0) is 13.6 Å². The number of hydrogen-bond donors (Lipinski definition) is 0. The summed E-state index contributed by atoms with van der Waals surface area (Å²) in [5.74, 6) is 0. The normalized spacial score (nSPS) is 20.0. The summed E-state index contributed by atoms with van der Waals surface area (Å²) in [5, 5.41) is 0. The van der Waals surface area contributed by atoms with Crippen LogP contribution in [-0.4, -0.2) is 18.5 Å². The first-order valence-corrected chi connectivity index (χ1v) is 7.12. The zero-order valence-corrected chi connectivity index (χ0v) is 10.6. The van der Waals surface area contributed by atoms with Crippen LogP contribution in [0.25, 0.3) is 0 Å². The summed E-state index contributed by atoms with van der Waals surface area (Å²) in [7, 11) is -0.0693. The van der Waals surface area contributed by atoms with E-state index in [1.807, 2.05) is 13.8 Å². The van der Waals surface area contributed by atoms with Crippen molar-refractivity contribution in [3.05, 3.63) is 9.81 Å². The maximum Gasteiger partial charge on any atom is 0.353 e.